The quantitative estimate of drug-likeness (QED) is 0.897. The molecule has 2 aromatic rings. The van der Waals surface area contributed by atoms with Gasteiger partial charge in [0.25, 0.3) is 0 Å². The number of nitrogens with one attached hydrogen (secondary N) is 1. The van der Waals surface area contributed by atoms with Gasteiger partial charge in [0.1, 0.15) is 11.8 Å². The third-order valence-corrected chi connectivity index (χ3v) is 3.63. The summed E-state index contributed by atoms with van der Waals surface area (Å²) < 4.78 is 1.89. The number of hydrogen-bond donors (Lipinski definition) is 2. The minimum Gasteiger partial charge on any atom is -0.389 e. The van der Waals surface area contributed by atoms with Crippen molar-refractivity contribution in [2.45, 2.75) is 26.5 Å². The number of aliphatic hydroxyl groups is 1. The van der Waals surface area contributed by atoms with Crippen LogP contribution >= 0.6 is 0 Å². The Bertz CT molecular complexity index is 650. The first-order chi connectivity index (χ1) is 9.54. The number of nitrogens with zero attached hydrogens (tertiary/aromatic N) is 2. The molecule has 0 aliphatic carbocycles. The van der Waals surface area contributed by atoms with Crippen molar-refractivity contribution in [3.8, 4) is 6.07 Å². The van der Waals surface area contributed by atoms with Gasteiger partial charge in [0, 0.05) is 30.5 Å². The summed E-state index contributed by atoms with van der Waals surface area (Å²) in [6.07, 6.45) is -0.509. The first kappa shape index (κ1) is 14.2. The fourth-order valence-electron chi connectivity index (χ4n) is 2.26. The first-order valence-electron chi connectivity index (χ1n) is 6.60. The average molecular weight is 269 g/mol. The molecule has 1 aromatic carbocycles. The molecular weight excluding hydrogens is 250 g/mol. The molecule has 1 atom stereocenters. The predicted molar refractivity (Wildman–Crippen MR) is 79.3 cm³/mol. The Hall–Kier alpha value is -2.25. The maximum Gasteiger partial charge on any atom is 0.120 e. The smallest absolute Gasteiger partial charge is 0.120 e. The van der Waals surface area contributed by atoms with Gasteiger partial charge in [-0.05, 0) is 31.5 Å². The molecular formula is C16H19N3O. The third kappa shape index (κ3) is 2.68. The maximum atomic E-state index is 9.76. The number of rotatable bonds is 4. The Morgan fingerprint density at radius 1 is 1.40 bits per heavy atom. The van der Waals surface area contributed by atoms with Gasteiger partial charge in [0.15, 0.2) is 0 Å². The molecule has 0 spiro atoms. The SMILES string of the molecule is Cc1c(CNc2ccccc2C(C)O)cc(C#N)n1C. The number of aromatic nitrogens is 1. The number of anilines is 1. The highest BCUT2D eigenvalue weighted by Crippen LogP contribution is 2.23. The highest BCUT2D eigenvalue weighted by molar-refractivity contribution is 5.52. The van der Waals surface area contributed by atoms with E-state index in [1.54, 1.807) is 6.92 Å². The third-order valence-electron chi connectivity index (χ3n) is 3.63. The Morgan fingerprint density at radius 3 is 2.70 bits per heavy atom. The highest BCUT2D eigenvalue weighted by Gasteiger charge is 2.10. The number of hydrogen-bond acceptors (Lipinski definition) is 3. The van der Waals surface area contributed by atoms with Crippen molar-refractivity contribution in [1.82, 2.24) is 4.57 Å². The van der Waals surface area contributed by atoms with Gasteiger partial charge in [0.05, 0.1) is 6.10 Å². The summed E-state index contributed by atoms with van der Waals surface area (Å²) in [7, 11) is 1.89. The van der Waals surface area contributed by atoms with Gasteiger partial charge in [-0.15, -0.1) is 0 Å². The van der Waals surface area contributed by atoms with Crippen molar-refractivity contribution in [2.24, 2.45) is 7.05 Å². The standard InChI is InChI=1S/C16H19N3O/c1-11-13(8-14(9-17)19(11)3)10-18-16-7-5-4-6-15(16)12(2)20/h4-8,12,18,20H,10H2,1-3H3. The van der Waals surface area contributed by atoms with Crippen molar-refractivity contribution in [3.63, 3.8) is 0 Å². The summed E-state index contributed by atoms with van der Waals surface area (Å²) in [5.41, 5.74) is 4.61. The molecule has 104 valence electrons. The van der Waals surface area contributed by atoms with Gasteiger partial charge in [0.2, 0.25) is 0 Å². The summed E-state index contributed by atoms with van der Waals surface area (Å²) in [6, 6.07) is 11.8. The zero-order chi connectivity index (χ0) is 14.7. The van der Waals surface area contributed by atoms with Crippen molar-refractivity contribution in [3.05, 3.63) is 52.8 Å². The Morgan fingerprint density at radius 2 is 2.10 bits per heavy atom. The van der Waals surface area contributed by atoms with Gasteiger partial charge >= 0.3 is 0 Å². The van der Waals surface area contributed by atoms with E-state index in [1.807, 2.05) is 48.9 Å². The maximum absolute atomic E-state index is 9.76. The van der Waals surface area contributed by atoms with E-state index in [-0.39, 0.29) is 0 Å². The predicted octanol–water partition coefficient (Wildman–Crippen LogP) is 2.87. The van der Waals surface area contributed by atoms with E-state index in [2.05, 4.69) is 11.4 Å². The molecule has 2 rings (SSSR count). The van der Waals surface area contributed by atoms with Crippen LogP contribution in [0.15, 0.2) is 30.3 Å². The van der Waals surface area contributed by atoms with Gasteiger partial charge in [-0.3, -0.25) is 0 Å². The molecule has 4 nitrogen and oxygen atoms in total. The van der Waals surface area contributed by atoms with Crippen LogP contribution in [0.1, 0.15) is 35.5 Å². The molecule has 0 saturated carbocycles. The fourth-order valence-corrected chi connectivity index (χ4v) is 2.26. The van der Waals surface area contributed by atoms with Crippen molar-refractivity contribution in [2.75, 3.05) is 5.32 Å². The summed E-state index contributed by atoms with van der Waals surface area (Å²) in [5, 5.41) is 22.1. The minimum absolute atomic E-state index is 0.509. The molecule has 0 fully saturated rings. The topological polar surface area (TPSA) is 61.0 Å². The van der Waals surface area contributed by atoms with Crippen molar-refractivity contribution >= 4 is 5.69 Å². The number of para-hydroxylation sites is 1. The second-order valence-electron chi connectivity index (χ2n) is 4.93. The lowest BCUT2D eigenvalue weighted by atomic mass is 10.1. The molecule has 0 bridgehead atoms. The normalized spacial score (nSPS) is 11.9. The van der Waals surface area contributed by atoms with E-state index in [0.717, 1.165) is 22.5 Å². The molecule has 1 heterocycles. The number of benzene rings is 1. The van der Waals surface area contributed by atoms with Crippen molar-refractivity contribution < 1.29 is 5.11 Å². The number of nitriles is 1. The van der Waals surface area contributed by atoms with Crippen LogP contribution in [-0.2, 0) is 13.6 Å². The van der Waals surface area contributed by atoms with E-state index in [4.69, 9.17) is 5.26 Å². The molecule has 0 radical (unpaired) electrons. The molecule has 1 unspecified atom stereocenters. The molecule has 4 heteroatoms. The van der Waals surface area contributed by atoms with Crippen LogP contribution in [0.2, 0.25) is 0 Å². The molecule has 1 aromatic heterocycles. The van der Waals surface area contributed by atoms with Crippen molar-refractivity contribution in [1.29, 1.82) is 5.26 Å². The van der Waals surface area contributed by atoms with Crippen LogP contribution in [0.25, 0.3) is 0 Å². The zero-order valence-electron chi connectivity index (χ0n) is 12.0. The monoisotopic (exact) mass is 269 g/mol. The molecule has 2 N–H and O–H groups in total. The van der Waals surface area contributed by atoms with Gasteiger partial charge in [-0.25, -0.2) is 0 Å². The van der Waals surface area contributed by atoms with Gasteiger partial charge in [-0.2, -0.15) is 5.26 Å². The van der Waals surface area contributed by atoms with E-state index >= 15 is 0 Å². The van der Waals surface area contributed by atoms with E-state index in [0.29, 0.717) is 12.2 Å². The lowest BCUT2D eigenvalue weighted by molar-refractivity contribution is 0.200. The summed E-state index contributed by atoms with van der Waals surface area (Å²) in [6.45, 7) is 4.38. The lowest BCUT2D eigenvalue weighted by Crippen LogP contribution is -2.05. The van der Waals surface area contributed by atoms with Crippen LogP contribution in [0.5, 0.6) is 0 Å². The van der Waals surface area contributed by atoms with Crippen LogP contribution in [0, 0.1) is 18.3 Å². The Kier molecular flexibility index (Phi) is 4.11. The van der Waals surface area contributed by atoms with Gasteiger partial charge < -0.3 is 15.0 Å². The summed E-state index contributed by atoms with van der Waals surface area (Å²) in [4.78, 5) is 0. The second-order valence-corrected chi connectivity index (χ2v) is 4.93. The largest absolute Gasteiger partial charge is 0.389 e. The summed E-state index contributed by atoms with van der Waals surface area (Å²) in [5.74, 6) is 0. The van der Waals surface area contributed by atoms with E-state index < -0.39 is 6.10 Å². The van der Waals surface area contributed by atoms with E-state index in [9.17, 15) is 5.11 Å². The Balaban J connectivity index is 2.20. The van der Waals surface area contributed by atoms with Gasteiger partial charge in [-0.1, -0.05) is 18.2 Å². The Labute approximate surface area is 119 Å². The second kappa shape index (κ2) is 5.81. The average Bonchev–Trinajstić information content (AvgIpc) is 2.72. The minimum atomic E-state index is -0.509. The molecule has 0 saturated heterocycles. The van der Waals surface area contributed by atoms with Crippen LogP contribution in [0.4, 0.5) is 5.69 Å². The fraction of sp³-hybridized carbons (Fsp3) is 0.312. The zero-order valence-corrected chi connectivity index (χ0v) is 12.0. The van der Waals surface area contributed by atoms with Crippen LogP contribution in [-0.4, -0.2) is 9.67 Å². The first-order valence-corrected chi connectivity index (χ1v) is 6.60. The molecule has 0 aliphatic rings. The summed E-state index contributed by atoms with van der Waals surface area (Å²) >= 11 is 0. The highest BCUT2D eigenvalue weighted by atomic mass is 16.3. The molecule has 0 aliphatic heterocycles. The molecule has 20 heavy (non-hydrogen) atoms. The van der Waals surface area contributed by atoms with E-state index in [1.165, 1.54) is 0 Å². The van der Waals surface area contributed by atoms with Crippen LogP contribution in [0.3, 0.4) is 0 Å². The molecule has 0 amide bonds. The number of aliphatic hydroxyl groups excluding tert-OH is 1. The lowest BCUT2D eigenvalue weighted by Gasteiger charge is -2.14. The van der Waals surface area contributed by atoms with Crippen LogP contribution < -0.4 is 5.32 Å².